The van der Waals surface area contributed by atoms with Gasteiger partial charge in [-0.2, -0.15) is 0 Å². The minimum absolute atomic E-state index is 0.230. The molecular weight excluding hydrogens is 353 g/mol. The van der Waals surface area contributed by atoms with Gasteiger partial charge >= 0.3 is 5.69 Å². The van der Waals surface area contributed by atoms with E-state index >= 15 is 0 Å². The fourth-order valence-corrected chi connectivity index (χ4v) is 2.45. The molecule has 0 saturated heterocycles. The van der Waals surface area contributed by atoms with Crippen molar-refractivity contribution >= 4 is 33.2 Å². The van der Waals surface area contributed by atoms with E-state index in [9.17, 15) is 14.5 Å². The van der Waals surface area contributed by atoms with Crippen LogP contribution in [-0.2, 0) is 5.33 Å². The molecule has 2 aromatic carbocycles. The molecule has 0 spiro atoms. The zero-order chi connectivity index (χ0) is 14.7. The molecule has 0 amide bonds. The average molecular weight is 361 g/mol. The maximum Gasteiger partial charge on any atom is 0.314 e. The fourth-order valence-electron chi connectivity index (χ4n) is 1.56. The number of ether oxygens (including phenoxy) is 1. The van der Waals surface area contributed by atoms with Gasteiger partial charge in [-0.15, -0.1) is 0 Å². The standard InChI is InChI=1S/C13H8BrClFNO3/c14-7-8-4-5-9(6-10(8)15)20-13-11(16)2-1-3-12(13)17(18)19/h1-6H,7H2. The van der Waals surface area contributed by atoms with Crippen molar-refractivity contribution in [1.82, 2.24) is 0 Å². The van der Waals surface area contributed by atoms with E-state index in [1.165, 1.54) is 18.2 Å². The van der Waals surface area contributed by atoms with Crippen molar-refractivity contribution in [3.8, 4) is 11.5 Å². The van der Waals surface area contributed by atoms with Gasteiger partial charge in [0.1, 0.15) is 5.75 Å². The summed E-state index contributed by atoms with van der Waals surface area (Å²) in [4.78, 5) is 10.2. The van der Waals surface area contributed by atoms with Crippen LogP contribution in [0.4, 0.5) is 10.1 Å². The van der Waals surface area contributed by atoms with Crippen molar-refractivity contribution in [2.75, 3.05) is 0 Å². The van der Waals surface area contributed by atoms with Crippen LogP contribution in [0.3, 0.4) is 0 Å². The number of nitrogens with zero attached hydrogens (tertiary/aromatic N) is 1. The van der Waals surface area contributed by atoms with Crippen LogP contribution in [0.25, 0.3) is 0 Å². The van der Waals surface area contributed by atoms with E-state index < -0.39 is 22.2 Å². The van der Waals surface area contributed by atoms with Gasteiger partial charge in [-0.3, -0.25) is 10.1 Å². The highest BCUT2D eigenvalue weighted by molar-refractivity contribution is 9.08. The molecule has 0 N–H and O–H groups in total. The van der Waals surface area contributed by atoms with Gasteiger partial charge < -0.3 is 4.74 Å². The molecule has 2 rings (SSSR count). The van der Waals surface area contributed by atoms with Crippen molar-refractivity contribution in [2.24, 2.45) is 0 Å². The predicted molar refractivity (Wildman–Crippen MR) is 77.2 cm³/mol. The lowest BCUT2D eigenvalue weighted by Crippen LogP contribution is -1.96. The Bertz CT molecular complexity index is 666. The Labute approximate surface area is 127 Å². The lowest BCUT2D eigenvalue weighted by atomic mass is 10.2. The van der Waals surface area contributed by atoms with Gasteiger partial charge in [0.2, 0.25) is 5.75 Å². The number of benzene rings is 2. The Morgan fingerprint density at radius 1 is 1.35 bits per heavy atom. The van der Waals surface area contributed by atoms with Gasteiger partial charge in [-0.25, -0.2) is 4.39 Å². The zero-order valence-corrected chi connectivity index (χ0v) is 12.3. The summed E-state index contributed by atoms with van der Waals surface area (Å²) >= 11 is 9.27. The number of hydrogen-bond acceptors (Lipinski definition) is 3. The van der Waals surface area contributed by atoms with E-state index in [4.69, 9.17) is 16.3 Å². The third-order valence-electron chi connectivity index (χ3n) is 2.53. The van der Waals surface area contributed by atoms with Crippen molar-refractivity contribution in [1.29, 1.82) is 0 Å². The third-order valence-corrected chi connectivity index (χ3v) is 3.49. The van der Waals surface area contributed by atoms with Crippen molar-refractivity contribution < 1.29 is 14.1 Å². The van der Waals surface area contributed by atoms with Crippen LogP contribution in [0.15, 0.2) is 36.4 Å². The summed E-state index contributed by atoms with van der Waals surface area (Å²) in [7, 11) is 0. The molecule has 0 radical (unpaired) electrons. The van der Waals surface area contributed by atoms with Gasteiger partial charge in [0, 0.05) is 16.4 Å². The van der Waals surface area contributed by atoms with Crippen LogP contribution in [0.5, 0.6) is 11.5 Å². The first-order valence-electron chi connectivity index (χ1n) is 5.48. The number of alkyl halides is 1. The molecule has 7 heteroatoms. The largest absolute Gasteiger partial charge is 0.447 e. The molecule has 0 fully saturated rings. The van der Waals surface area contributed by atoms with Gasteiger partial charge in [-0.1, -0.05) is 39.7 Å². The van der Waals surface area contributed by atoms with Crippen molar-refractivity contribution in [2.45, 2.75) is 5.33 Å². The van der Waals surface area contributed by atoms with Crippen LogP contribution in [0.2, 0.25) is 5.02 Å². The highest BCUT2D eigenvalue weighted by Gasteiger charge is 2.20. The highest BCUT2D eigenvalue weighted by Crippen LogP contribution is 2.35. The number of nitro benzene ring substituents is 1. The molecular formula is C13H8BrClFNO3. The van der Waals surface area contributed by atoms with Gasteiger partial charge in [0.15, 0.2) is 5.82 Å². The number of rotatable bonds is 4. The Balaban J connectivity index is 2.39. The molecule has 0 aliphatic heterocycles. The average Bonchev–Trinajstić information content (AvgIpc) is 2.41. The quantitative estimate of drug-likeness (QED) is 0.434. The Morgan fingerprint density at radius 2 is 2.10 bits per heavy atom. The van der Waals surface area contributed by atoms with Crippen LogP contribution in [0, 0.1) is 15.9 Å². The fraction of sp³-hybridized carbons (Fsp3) is 0.0769. The van der Waals surface area contributed by atoms with E-state index in [2.05, 4.69) is 15.9 Å². The van der Waals surface area contributed by atoms with E-state index in [0.717, 1.165) is 11.6 Å². The highest BCUT2D eigenvalue weighted by atomic mass is 79.9. The maximum atomic E-state index is 13.7. The summed E-state index contributed by atoms with van der Waals surface area (Å²) in [5, 5.41) is 11.8. The monoisotopic (exact) mass is 359 g/mol. The zero-order valence-electron chi connectivity index (χ0n) is 9.98. The summed E-state index contributed by atoms with van der Waals surface area (Å²) in [5.74, 6) is -1.01. The smallest absolute Gasteiger partial charge is 0.314 e. The summed E-state index contributed by atoms with van der Waals surface area (Å²) in [6, 6.07) is 8.26. The van der Waals surface area contributed by atoms with Crippen LogP contribution >= 0.6 is 27.5 Å². The first-order valence-corrected chi connectivity index (χ1v) is 6.98. The molecule has 0 aliphatic rings. The molecule has 0 heterocycles. The molecule has 4 nitrogen and oxygen atoms in total. The molecule has 0 aliphatic carbocycles. The second-order valence-electron chi connectivity index (χ2n) is 3.83. The van der Waals surface area contributed by atoms with Crippen LogP contribution in [0.1, 0.15) is 5.56 Å². The minimum atomic E-state index is -0.806. The number of hydrogen-bond donors (Lipinski definition) is 0. The second-order valence-corrected chi connectivity index (χ2v) is 4.80. The van der Waals surface area contributed by atoms with Crippen molar-refractivity contribution in [3.63, 3.8) is 0 Å². The normalized spacial score (nSPS) is 10.3. The maximum absolute atomic E-state index is 13.7. The summed E-state index contributed by atoms with van der Waals surface area (Å²) < 4.78 is 18.9. The molecule has 104 valence electrons. The number of para-hydroxylation sites is 1. The lowest BCUT2D eigenvalue weighted by molar-refractivity contribution is -0.385. The molecule has 0 unspecified atom stereocenters. The molecule has 0 aromatic heterocycles. The molecule has 20 heavy (non-hydrogen) atoms. The first-order chi connectivity index (χ1) is 9.52. The summed E-state index contributed by atoms with van der Waals surface area (Å²) in [6.07, 6.45) is 0. The SMILES string of the molecule is O=[N+]([O-])c1cccc(F)c1Oc1ccc(CBr)c(Cl)c1. The second kappa shape index (κ2) is 6.19. The Hall–Kier alpha value is -1.66. The molecule has 2 aromatic rings. The molecule has 0 bridgehead atoms. The van der Waals surface area contributed by atoms with Crippen LogP contribution in [-0.4, -0.2) is 4.92 Å². The third kappa shape index (κ3) is 3.08. The van der Waals surface area contributed by atoms with Crippen molar-refractivity contribution in [3.05, 3.63) is 62.9 Å². The van der Waals surface area contributed by atoms with Gasteiger partial charge in [-0.05, 0) is 23.8 Å². The Morgan fingerprint density at radius 3 is 2.70 bits per heavy atom. The lowest BCUT2D eigenvalue weighted by Gasteiger charge is -2.08. The topological polar surface area (TPSA) is 52.4 Å². The molecule has 0 atom stereocenters. The van der Waals surface area contributed by atoms with E-state index in [1.807, 2.05) is 0 Å². The Kier molecular flexibility index (Phi) is 4.57. The van der Waals surface area contributed by atoms with Gasteiger partial charge in [0.05, 0.1) is 4.92 Å². The van der Waals surface area contributed by atoms with E-state index in [-0.39, 0.29) is 5.75 Å². The number of halogens is 3. The first kappa shape index (κ1) is 14.7. The van der Waals surface area contributed by atoms with Crippen LogP contribution < -0.4 is 4.74 Å². The minimum Gasteiger partial charge on any atom is -0.447 e. The summed E-state index contributed by atoms with van der Waals surface area (Å²) in [6.45, 7) is 0. The predicted octanol–water partition coefficient (Wildman–Crippen LogP) is 5.07. The summed E-state index contributed by atoms with van der Waals surface area (Å²) in [5.41, 5.74) is 0.396. The van der Waals surface area contributed by atoms with Gasteiger partial charge in [0.25, 0.3) is 0 Å². The molecule has 0 saturated carbocycles. The van der Waals surface area contributed by atoms with E-state index in [0.29, 0.717) is 10.4 Å². The van der Waals surface area contributed by atoms with E-state index in [1.54, 1.807) is 12.1 Å². The number of nitro groups is 1.